The second kappa shape index (κ2) is 6.36. The summed E-state index contributed by atoms with van der Waals surface area (Å²) in [6, 6.07) is 7.44. The van der Waals surface area contributed by atoms with Crippen molar-refractivity contribution in [3.8, 4) is 11.6 Å². The van der Waals surface area contributed by atoms with Crippen LogP contribution in [0.3, 0.4) is 0 Å². The van der Waals surface area contributed by atoms with Crippen LogP contribution in [0, 0.1) is 0 Å². The normalized spacial score (nSPS) is 10.4. The quantitative estimate of drug-likeness (QED) is 0.913. The van der Waals surface area contributed by atoms with E-state index in [0.717, 1.165) is 12.0 Å². The Labute approximate surface area is 115 Å². The summed E-state index contributed by atoms with van der Waals surface area (Å²) in [4.78, 5) is 17.5. The van der Waals surface area contributed by atoms with Gasteiger partial charge in [-0.3, -0.25) is 4.79 Å². The van der Waals surface area contributed by atoms with Gasteiger partial charge in [0.15, 0.2) is 5.02 Å². The third kappa shape index (κ3) is 3.56. The fraction of sp³-hybridized carbons (Fsp3) is 0.231. The average molecular weight is 281 g/mol. The number of hydrogen-bond donors (Lipinski definition) is 1. The summed E-state index contributed by atoms with van der Waals surface area (Å²) in [6.45, 7) is 0.668. The first-order valence-electron chi connectivity index (χ1n) is 5.69. The van der Waals surface area contributed by atoms with E-state index in [1.54, 1.807) is 19.2 Å². The Morgan fingerprint density at radius 2 is 2.05 bits per heavy atom. The molecule has 0 bridgehead atoms. The predicted molar refractivity (Wildman–Crippen MR) is 72.0 cm³/mol. The van der Waals surface area contributed by atoms with Gasteiger partial charge in [-0.05, 0) is 24.1 Å². The van der Waals surface area contributed by atoms with Gasteiger partial charge in [-0.25, -0.2) is 4.98 Å². The Balaban J connectivity index is 2.11. The first kappa shape index (κ1) is 13.6. The lowest BCUT2D eigenvalue weighted by molar-refractivity contribution is 0.202. The molecule has 1 N–H and O–H groups in total. The summed E-state index contributed by atoms with van der Waals surface area (Å²) in [5.41, 5.74) is 0.711. The lowest BCUT2D eigenvalue weighted by Gasteiger charge is -2.06. The second-order valence-corrected chi connectivity index (χ2v) is 4.22. The molecular formula is C13H13ClN2O3. The van der Waals surface area contributed by atoms with Gasteiger partial charge in [0, 0.05) is 7.11 Å². The Kier molecular flexibility index (Phi) is 4.54. The van der Waals surface area contributed by atoms with Gasteiger partial charge in [-0.1, -0.05) is 23.7 Å². The van der Waals surface area contributed by atoms with E-state index in [-0.39, 0.29) is 10.9 Å². The molecule has 0 saturated carbocycles. The Hall–Kier alpha value is -1.85. The van der Waals surface area contributed by atoms with Crippen LogP contribution in [-0.4, -0.2) is 23.7 Å². The van der Waals surface area contributed by atoms with E-state index in [9.17, 15) is 4.79 Å². The van der Waals surface area contributed by atoms with Crippen LogP contribution in [0.5, 0.6) is 11.6 Å². The fourth-order valence-electron chi connectivity index (χ4n) is 1.49. The molecule has 0 aliphatic rings. The molecule has 1 aromatic heterocycles. The standard InChI is InChI=1S/C13H13ClN2O3/c1-18-7-6-9-2-4-10(5-3-9)19-13-11(14)12(17)15-8-16-13/h2-5,8H,6-7H2,1H3,(H,15,16,17). The van der Waals surface area contributed by atoms with Gasteiger partial charge in [0.1, 0.15) is 5.75 Å². The number of nitrogens with zero attached hydrogens (tertiary/aromatic N) is 1. The zero-order valence-electron chi connectivity index (χ0n) is 10.4. The molecule has 1 aromatic carbocycles. The molecule has 0 atom stereocenters. The molecule has 0 unspecified atom stereocenters. The number of rotatable bonds is 5. The summed E-state index contributed by atoms with van der Waals surface area (Å²) in [6.07, 6.45) is 2.08. The number of methoxy groups -OCH3 is 1. The minimum absolute atomic E-state index is 0.0639. The molecule has 0 aliphatic carbocycles. The van der Waals surface area contributed by atoms with E-state index in [4.69, 9.17) is 21.1 Å². The summed E-state index contributed by atoms with van der Waals surface area (Å²) in [5.74, 6) is 0.663. The molecule has 0 aliphatic heterocycles. The summed E-state index contributed by atoms with van der Waals surface area (Å²) < 4.78 is 10.5. The summed E-state index contributed by atoms with van der Waals surface area (Å²) >= 11 is 5.80. The molecular weight excluding hydrogens is 268 g/mol. The van der Waals surface area contributed by atoms with Crippen molar-refractivity contribution in [2.75, 3.05) is 13.7 Å². The van der Waals surface area contributed by atoms with Crippen molar-refractivity contribution in [1.82, 2.24) is 9.97 Å². The van der Waals surface area contributed by atoms with Gasteiger partial charge in [-0.2, -0.15) is 0 Å². The minimum Gasteiger partial charge on any atom is -0.437 e. The third-order valence-corrected chi connectivity index (χ3v) is 2.83. The van der Waals surface area contributed by atoms with Crippen molar-refractivity contribution in [2.45, 2.75) is 6.42 Å². The molecule has 19 heavy (non-hydrogen) atoms. The number of halogens is 1. The van der Waals surface area contributed by atoms with Crippen molar-refractivity contribution in [2.24, 2.45) is 0 Å². The number of aromatic amines is 1. The second-order valence-electron chi connectivity index (χ2n) is 3.84. The van der Waals surface area contributed by atoms with Crippen LogP contribution in [0.2, 0.25) is 5.02 Å². The molecule has 2 aromatic rings. The van der Waals surface area contributed by atoms with Gasteiger partial charge in [-0.15, -0.1) is 0 Å². The third-order valence-electron chi connectivity index (χ3n) is 2.50. The molecule has 0 spiro atoms. The van der Waals surface area contributed by atoms with Crippen LogP contribution >= 0.6 is 11.6 Å². The maximum absolute atomic E-state index is 11.3. The minimum atomic E-state index is -0.427. The average Bonchev–Trinajstić information content (AvgIpc) is 2.43. The molecule has 6 heteroatoms. The molecule has 0 radical (unpaired) electrons. The Morgan fingerprint density at radius 3 is 2.74 bits per heavy atom. The molecule has 2 rings (SSSR count). The lowest BCUT2D eigenvalue weighted by Crippen LogP contribution is -2.07. The zero-order valence-corrected chi connectivity index (χ0v) is 11.1. The van der Waals surface area contributed by atoms with Gasteiger partial charge in [0.2, 0.25) is 5.88 Å². The number of hydrogen-bond acceptors (Lipinski definition) is 4. The van der Waals surface area contributed by atoms with Gasteiger partial charge in [0.05, 0.1) is 12.9 Å². The largest absolute Gasteiger partial charge is 0.437 e. The van der Waals surface area contributed by atoms with Gasteiger partial charge in [0.25, 0.3) is 5.56 Å². The van der Waals surface area contributed by atoms with Crippen molar-refractivity contribution in [1.29, 1.82) is 0 Å². The van der Waals surface area contributed by atoms with Crippen LogP contribution in [0.25, 0.3) is 0 Å². The number of benzene rings is 1. The van der Waals surface area contributed by atoms with E-state index in [1.165, 1.54) is 6.33 Å². The number of ether oxygens (including phenoxy) is 2. The maximum Gasteiger partial charge on any atom is 0.273 e. The number of nitrogens with one attached hydrogen (secondary N) is 1. The van der Waals surface area contributed by atoms with Crippen LogP contribution in [0.15, 0.2) is 35.4 Å². The predicted octanol–water partition coefficient (Wildman–Crippen LogP) is 2.40. The smallest absolute Gasteiger partial charge is 0.273 e. The molecule has 5 nitrogen and oxygen atoms in total. The van der Waals surface area contributed by atoms with E-state index in [2.05, 4.69) is 9.97 Å². The lowest BCUT2D eigenvalue weighted by atomic mass is 10.1. The topological polar surface area (TPSA) is 64.2 Å². The molecule has 0 amide bonds. The number of aromatic nitrogens is 2. The Bertz CT molecular complexity index is 596. The SMILES string of the molecule is COCCc1ccc(Oc2nc[nH]c(=O)c2Cl)cc1. The first-order valence-corrected chi connectivity index (χ1v) is 6.07. The van der Waals surface area contributed by atoms with Crippen molar-refractivity contribution < 1.29 is 9.47 Å². The summed E-state index contributed by atoms with van der Waals surface area (Å²) in [5, 5.41) is -0.0639. The van der Waals surface area contributed by atoms with Crippen molar-refractivity contribution >= 4 is 11.6 Å². The highest BCUT2D eigenvalue weighted by Gasteiger charge is 2.08. The molecule has 0 saturated heterocycles. The van der Waals surface area contributed by atoms with E-state index in [1.807, 2.05) is 12.1 Å². The van der Waals surface area contributed by atoms with E-state index >= 15 is 0 Å². The molecule has 1 heterocycles. The van der Waals surface area contributed by atoms with Gasteiger partial charge >= 0.3 is 0 Å². The first-order chi connectivity index (χ1) is 9.20. The van der Waals surface area contributed by atoms with Crippen LogP contribution in [0.1, 0.15) is 5.56 Å². The molecule has 0 fully saturated rings. The van der Waals surface area contributed by atoms with Gasteiger partial charge < -0.3 is 14.5 Å². The van der Waals surface area contributed by atoms with E-state index in [0.29, 0.717) is 12.4 Å². The number of H-pyrrole nitrogens is 1. The monoisotopic (exact) mass is 280 g/mol. The van der Waals surface area contributed by atoms with Crippen molar-refractivity contribution in [3.05, 3.63) is 51.5 Å². The van der Waals surface area contributed by atoms with Crippen LogP contribution < -0.4 is 10.3 Å². The summed E-state index contributed by atoms with van der Waals surface area (Å²) in [7, 11) is 1.66. The fourth-order valence-corrected chi connectivity index (χ4v) is 1.64. The highest BCUT2D eigenvalue weighted by molar-refractivity contribution is 6.31. The maximum atomic E-state index is 11.3. The van der Waals surface area contributed by atoms with Crippen LogP contribution in [-0.2, 0) is 11.2 Å². The Morgan fingerprint density at radius 1 is 1.32 bits per heavy atom. The highest BCUT2D eigenvalue weighted by atomic mass is 35.5. The van der Waals surface area contributed by atoms with E-state index < -0.39 is 5.56 Å². The highest BCUT2D eigenvalue weighted by Crippen LogP contribution is 2.23. The van der Waals surface area contributed by atoms with Crippen molar-refractivity contribution in [3.63, 3.8) is 0 Å². The zero-order chi connectivity index (χ0) is 13.7. The molecule has 100 valence electrons. The van der Waals surface area contributed by atoms with Crippen LogP contribution in [0.4, 0.5) is 0 Å².